The predicted molar refractivity (Wildman–Crippen MR) is 109 cm³/mol. The molecule has 0 saturated carbocycles. The molecule has 0 radical (unpaired) electrons. The van der Waals surface area contributed by atoms with E-state index in [0.29, 0.717) is 13.2 Å². The Balaban J connectivity index is 1.20. The van der Waals surface area contributed by atoms with Crippen LogP contribution in [0.25, 0.3) is 0 Å². The second kappa shape index (κ2) is 8.65. The van der Waals surface area contributed by atoms with Crippen LogP contribution >= 0.6 is 0 Å². The molecule has 2 heterocycles. The summed E-state index contributed by atoms with van der Waals surface area (Å²) in [5.74, 6) is 1.74. The van der Waals surface area contributed by atoms with Crippen molar-refractivity contribution in [1.29, 1.82) is 0 Å². The van der Waals surface area contributed by atoms with Crippen molar-refractivity contribution >= 4 is 5.91 Å². The molecule has 28 heavy (non-hydrogen) atoms. The number of rotatable bonds is 5. The number of ether oxygens (including phenoxy) is 2. The van der Waals surface area contributed by atoms with Crippen molar-refractivity contribution < 1.29 is 14.3 Å². The minimum Gasteiger partial charge on any atom is -0.486 e. The summed E-state index contributed by atoms with van der Waals surface area (Å²) in [6.45, 7) is 5.94. The fraction of sp³-hybridized carbons (Fsp3) is 0.435. The molecule has 5 nitrogen and oxygen atoms in total. The monoisotopic (exact) mass is 380 g/mol. The van der Waals surface area contributed by atoms with Gasteiger partial charge < -0.3 is 14.8 Å². The number of piperidine rings is 1. The number of hydrogen-bond acceptors (Lipinski definition) is 4. The summed E-state index contributed by atoms with van der Waals surface area (Å²) in [6, 6.07) is 16.3. The van der Waals surface area contributed by atoms with E-state index in [2.05, 4.69) is 41.4 Å². The van der Waals surface area contributed by atoms with Gasteiger partial charge in [0.2, 0.25) is 5.91 Å². The zero-order valence-electron chi connectivity index (χ0n) is 16.4. The standard InChI is InChI=1S/C23H28N2O3/c1-17-6-8-18(9-7-17)15-25-12-10-19(11-13-25)23(26)24-14-20-16-27-21-4-2-3-5-22(21)28-20/h2-9,19-20H,10-16H2,1H3,(H,24,26)/t20-/m0/s1. The van der Waals surface area contributed by atoms with Gasteiger partial charge in [0.1, 0.15) is 12.7 Å². The van der Waals surface area contributed by atoms with Crippen molar-refractivity contribution in [3.63, 3.8) is 0 Å². The summed E-state index contributed by atoms with van der Waals surface area (Å²) in [5, 5.41) is 3.06. The van der Waals surface area contributed by atoms with Gasteiger partial charge >= 0.3 is 0 Å². The molecule has 1 saturated heterocycles. The molecule has 2 aliphatic heterocycles. The summed E-state index contributed by atoms with van der Waals surface area (Å²) in [7, 11) is 0. The third kappa shape index (κ3) is 4.65. The highest BCUT2D eigenvalue weighted by Gasteiger charge is 2.27. The van der Waals surface area contributed by atoms with Crippen LogP contribution in [0.4, 0.5) is 0 Å². The van der Waals surface area contributed by atoms with Crippen LogP contribution in [0, 0.1) is 12.8 Å². The number of carbonyl (C=O) groups excluding carboxylic acids is 1. The van der Waals surface area contributed by atoms with Crippen LogP contribution in [0.2, 0.25) is 0 Å². The molecule has 5 heteroatoms. The van der Waals surface area contributed by atoms with Crippen molar-refractivity contribution in [3.05, 3.63) is 59.7 Å². The normalized spacial score (nSPS) is 20.0. The van der Waals surface area contributed by atoms with E-state index in [4.69, 9.17) is 9.47 Å². The van der Waals surface area contributed by atoms with Gasteiger partial charge in [0.15, 0.2) is 11.5 Å². The fourth-order valence-electron chi connectivity index (χ4n) is 3.83. The summed E-state index contributed by atoms with van der Waals surface area (Å²) >= 11 is 0. The first-order valence-electron chi connectivity index (χ1n) is 10.1. The zero-order chi connectivity index (χ0) is 19.3. The van der Waals surface area contributed by atoms with Crippen LogP contribution in [-0.4, -0.2) is 43.2 Å². The predicted octanol–water partition coefficient (Wildman–Crippen LogP) is 3.16. The molecule has 2 aromatic carbocycles. The molecular formula is C23H28N2O3. The van der Waals surface area contributed by atoms with E-state index in [-0.39, 0.29) is 17.9 Å². The molecule has 0 unspecified atom stereocenters. The van der Waals surface area contributed by atoms with Crippen molar-refractivity contribution in [2.45, 2.75) is 32.4 Å². The number of amides is 1. The Morgan fingerprint density at radius 2 is 1.79 bits per heavy atom. The van der Waals surface area contributed by atoms with Gasteiger partial charge in [-0.05, 0) is 50.6 Å². The van der Waals surface area contributed by atoms with Crippen molar-refractivity contribution in [2.75, 3.05) is 26.2 Å². The number of nitrogens with zero attached hydrogens (tertiary/aromatic N) is 1. The lowest BCUT2D eigenvalue weighted by atomic mass is 9.95. The van der Waals surface area contributed by atoms with Crippen molar-refractivity contribution in [3.8, 4) is 11.5 Å². The number of hydrogen-bond donors (Lipinski definition) is 1. The Hall–Kier alpha value is -2.53. The Labute approximate surface area is 166 Å². The van der Waals surface area contributed by atoms with Gasteiger partial charge in [-0.15, -0.1) is 0 Å². The Kier molecular flexibility index (Phi) is 5.81. The minimum absolute atomic E-state index is 0.0889. The molecule has 1 fully saturated rings. The van der Waals surface area contributed by atoms with E-state index in [9.17, 15) is 4.79 Å². The molecule has 0 bridgehead atoms. The zero-order valence-corrected chi connectivity index (χ0v) is 16.4. The molecule has 148 valence electrons. The van der Waals surface area contributed by atoms with Crippen LogP contribution in [0.5, 0.6) is 11.5 Å². The molecule has 4 rings (SSSR count). The van der Waals surface area contributed by atoms with Crippen LogP contribution in [-0.2, 0) is 11.3 Å². The maximum atomic E-state index is 12.6. The first kappa shape index (κ1) is 18.8. The minimum atomic E-state index is -0.138. The van der Waals surface area contributed by atoms with Crippen molar-refractivity contribution in [2.24, 2.45) is 5.92 Å². The second-order valence-electron chi connectivity index (χ2n) is 7.78. The average Bonchev–Trinajstić information content (AvgIpc) is 2.74. The van der Waals surface area contributed by atoms with E-state index in [1.54, 1.807) is 0 Å². The smallest absolute Gasteiger partial charge is 0.223 e. The molecule has 1 amide bonds. The number of carbonyl (C=O) groups is 1. The first-order chi connectivity index (χ1) is 13.7. The van der Waals surface area contributed by atoms with E-state index >= 15 is 0 Å². The molecule has 0 aliphatic carbocycles. The summed E-state index contributed by atoms with van der Waals surface area (Å²) < 4.78 is 11.6. The third-order valence-corrected chi connectivity index (χ3v) is 5.56. The molecule has 1 N–H and O–H groups in total. The average molecular weight is 380 g/mol. The van der Waals surface area contributed by atoms with Gasteiger partial charge in [-0.2, -0.15) is 0 Å². The number of fused-ring (bicyclic) bond motifs is 1. The summed E-state index contributed by atoms with van der Waals surface area (Å²) in [4.78, 5) is 15.0. The SMILES string of the molecule is Cc1ccc(CN2CCC(C(=O)NC[C@H]3COc4ccccc4O3)CC2)cc1. The Morgan fingerprint density at radius 1 is 1.07 bits per heavy atom. The maximum Gasteiger partial charge on any atom is 0.223 e. The van der Waals surface area contributed by atoms with Crippen LogP contribution in [0.1, 0.15) is 24.0 Å². The van der Waals surface area contributed by atoms with E-state index < -0.39 is 0 Å². The third-order valence-electron chi connectivity index (χ3n) is 5.56. The lowest BCUT2D eigenvalue weighted by Crippen LogP contribution is -2.45. The Bertz CT molecular complexity index is 798. The Morgan fingerprint density at radius 3 is 2.54 bits per heavy atom. The molecule has 1 atom stereocenters. The highest BCUT2D eigenvalue weighted by molar-refractivity contribution is 5.78. The molecule has 2 aliphatic rings. The lowest BCUT2D eigenvalue weighted by molar-refractivity contribution is -0.127. The number of likely N-dealkylation sites (tertiary alicyclic amines) is 1. The highest BCUT2D eigenvalue weighted by atomic mass is 16.6. The van der Waals surface area contributed by atoms with Gasteiger partial charge in [-0.25, -0.2) is 0 Å². The number of para-hydroxylation sites is 2. The van der Waals surface area contributed by atoms with E-state index in [1.165, 1.54) is 11.1 Å². The summed E-state index contributed by atoms with van der Waals surface area (Å²) in [5.41, 5.74) is 2.62. The van der Waals surface area contributed by atoms with Gasteiger partial charge in [-0.1, -0.05) is 42.0 Å². The first-order valence-corrected chi connectivity index (χ1v) is 10.1. The van der Waals surface area contributed by atoms with Gasteiger partial charge in [-0.3, -0.25) is 9.69 Å². The highest BCUT2D eigenvalue weighted by Crippen LogP contribution is 2.30. The van der Waals surface area contributed by atoms with Crippen LogP contribution in [0.3, 0.4) is 0 Å². The van der Waals surface area contributed by atoms with Gasteiger partial charge in [0.05, 0.1) is 6.54 Å². The lowest BCUT2D eigenvalue weighted by Gasteiger charge is -2.32. The quantitative estimate of drug-likeness (QED) is 0.866. The largest absolute Gasteiger partial charge is 0.486 e. The van der Waals surface area contributed by atoms with E-state index in [1.807, 2.05) is 24.3 Å². The van der Waals surface area contributed by atoms with E-state index in [0.717, 1.165) is 44.0 Å². The molecule has 0 aromatic heterocycles. The molecular weight excluding hydrogens is 352 g/mol. The number of aryl methyl sites for hydroxylation is 1. The molecule has 0 spiro atoms. The number of nitrogens with one attached hydrogen (secondary N) is 1. The fourth-order valence-corrected chi connectivity index (χ4v) is 3.83. The van der Waals surface area contributed by atoms with Crippen LogP contribution < -0.4 is 14.8 Å². The van der Waals surface area contributed by atoms with Gasteiger partial charge in [0.25, 0.3) is 0 Å². The maximum absolute atomic E-state index is 12.6. The topological polar surface area (TPSA) is 50.8 Å². The second-order valence-corrected chi connectivity index (χ2v) is 7.78. The van der Waals surface area contributed by atoms with Crippen LogP contribution in [0.15, 0.2) is 48.5 Å². The van der Waals surface area contributed by atoms with Crippen molar-refractivity contribution in [1.82, 2.24) is 10.2 Å². The summed E-state index contributed by atoms with van der Waals surface area (Å²) in [6.07, 6.45) is 1.67. The number of benzene rings is 2. The molecule has 2 aromatic rings. The van der Waals surface area contributed by atoms with Gasteiger partial charge in [0, 0.05) is 12.5 Å².